The van der Waals surface area contributed by atoms with E-state index in [9.17, 15) is 4.79 Å². The Balaban J connectivity index is 2.17. The number of carbonyl (C=O) groups is 1. The first-order chi connectivity index (χ1) is 11.4. The van der Waals surface area contributed by atoms with Crippen molar-refractivity contribution in [3.63, 3.8) is 0 Å². The smallest absolute Gasteiger partial charge is 0.254 e. The highest BCUT2D eigenvalue weighted by molar-refractivity contribution is 7.98. The molecule has 1 N–H and O–H groups in total. The molecule has 9 heteroatoms. The van der Waals surface area contributed by atoms with E-state index in [2.05, 4.69) is 25.3 Å². The zero-order valence-corrected chi connectivity index (χ0v) is 15.3. The highest BCUT2D eigenvalue weighted by Gasteiger charge is 2.14. The molecule has 0 radical (unpaired) electrons. The molecule has 0 spiro atoms. The van der Waals surface area contributed by atoms with Gasteiger partial charge in [0.25, 0.3) is 5.91 Å². The molecule has 24 heavy (non-hydrogen) atoms. The number of hydrogen-bond acceptors (Lipinski definition) is 8. The van der Waals surface area contributed by atoms with Crippen molar-refractivity contribution in [2.75, 3.05) is 44.2 Å². The third-order valence-electron chi connectivity index (χ3n) is 3.07. The average molecular weight is 347 g/mol. The van der Waals surface area contributed by atoms with E-state index in [1.165, 1.54) is 11.8 Å². The van der Waals surface area contributed by atoms with E-state index >= 15 is 0 Å². The SMILES string of the molecule is CSc1ncccc1C(=O)NCc1nc(N(C)C)nc(N(C)C)n1. The van der Waals surface area contributed by atoms with Gasteiger partial charge in [-0.25, -0.2) is 4.98 Å². The summed E-state index contributed by atoms with van der Waals surface area (Å²) in [5, 5.41) is 3.53. The molecular formula is C15H21N7OS. The van der Waals surface area contributed by atoms with Gasteiger partial charge in [-0.05, 0) is 18.4 Å². The van der Waals surface area contributed by atoms with E-state index in [1.54, 1.807) is 28.1 Å². The van der Waals surface area contributed by atoms with Gasteiger partial charge in [0.1, 0.15) is 5.03 Å². The molecule has 2 heterocycles. The Morgan fingerprint density at radius 1 is 1.12 bits per heavy atom. The molecule has 0 aliphatic rings. The number of nitrogens with one attached hydrogen (secondary N) is 1. The molecule has 2 aromatic rings. The van der Waals surface area contributed by atoms with Crippen LogP contribution < -0.4 is 15.1 Å². The molecule has 0 bridgehead atoms. The van der Waals surface area contributed by atoms with Crippen LogP contribution in [-0.4, -0.2) is 60.3 Å². The Morgan fingerprint density at radius 2 is 1.75 bits per heavy atom. The van der Waals surface area contributed by atoms with Crippen LogP contribution in [0.2, 0.25) is 0 Å². The topological polar surface area (TPSA) is 87.1 Å². The molecule has 0 fully saturated rings. The molecule has 0 saturated heterocycles. The van der Waals surface area contributed by atoms with Crippen molar-refractivity contribution in [2.24, 2.45) is 0 Å². The predicted molar refractivity (Wildman–Crippen MR) is 95.7 cm³/mol. The molecule has 8 nitrogen and oxygen atoms in total. The third-order valence-corrected chi connectivity index (χ3v) is 3.79. The molecule has 0 saturated carbocycles. The first-order valence-electron chi connectivity index (χ1n) is 7.29. The van der Waals surface area contributed by atoms with Crippen LogP contribution in [0.5, 0.6) is 0 Å². The fourth-order valence-corrected chi connectivity index (χ4v) is 2.40. The number of hydrogen-bond donors (Lipinski definition) is 1. The summed E-state index contributed by atoms with van der Waals surface area (Å²) in [5.74, 6) is 1.39. The minimum absolute atomic E-state index is 0.203. The van der Waals surface area contributed by atoms with Crippen molar-refractivity contribution in [3.05, 3.63) is 29.7 Å². The van der Waals surface area contributed by atoms with Crippen LogP contribution in [0.4, 0.5) is 11.9 Å². The molecule has 128 valence electrons. The lowest BCUT2D eigenvalue weighted by Crippen LogP contribution is -2.26. The predicted octanol–water partition coefficient (Wildman–Crippen LogP) is 1.05. The first-order valence-corrected chi connectivity index (χ1v) is 8.51. The second-order valence-corrected chi connectivity index (χ2v) is 6.18. The summed E-state index contributed by atoms with van der Waals surface area (Å²) in [5.41, 5.74) is 0.541. The van der Waals surface area contributed by atoms with Gasteiger partial charge < -0.3 is 15.1 Å². The summed E-state index contributed by atoms with van der Waals surface area (Å²) >= 11 is 1.43. The first kappa shape index (κ1) is 17.9. The number of anilines is 2. The molecule has 0 atom stereocenters. The molecule has 0 unspecified atom stereocenters. The Labute approximate surface area is 145 Å². The normalized spacial score (nSPS) is 10.4. The van der Waals surface area contributed by atoms with Gasteiger partial charge >= 0.3 is 0 Å². The molecule has 0 aliphatic carbocycles. The zero-order chi connectivity index (χ0) is 17.7. The van der Waals surface area contributed by atoms with E-state index in [1.807, 2.05) is 34.4 Å². The van der Waals surface area contributed by atoms with Gasteiger partial charge in [0, 0.05) is 34.4 Å². The lowest BCUT2D eigenvalue weighted by molar-refractivity contribution is 0.0946. The van der Waals surface area contributed by atoms with Gasteiger partial charge in [-0.3, -0.25) is 4.79 Å². The Bertz CT molecular complexity index is 694. The summed E-state index contributed by atoms with van der Waals surface area (Å²) in [4.78, 5) is 33.3. The number of carbonyl (C=O) groups excluding carboxylic acids is 1. The largest absolute Gasteiger partial charge is 0.347 e. The van der Waals surface area contributed by atoms with Crippen LogP contribution in [0.3, 0.4) is 0 Å². The molecule has 0 aliphatic heterocycles. The minimum Gasteiger partial charge on any atom is -0.347 e. The number of thioether (sulfide) groups is 1. The molecule has 1 amide bonds. The van der Waals surface area contributed by atoms with E-state index in [0.29, 0.717) is 28.3 Å². The quantitative estimate of drug-likeness (QED) is 0.776. The van der Waals surface area contributed by atoms with E-state index in [4.69, 9.17) is 0 Å². The van der Waals surface area contributed by atoms with Gasteiger partial charge in [-0.15, -0.1) is 11.8 Å². The Morgan fingerprint density at radius 3 is 2.29 bits per heavy atom. The zero-order valence-electron chi connectivity index (χ0n) is 14.4. The van der Waals surface area contributed by atoms with Crippen LogP contribution in [0.25, 0.3) is 0 Å². The van der Waals surface area contributed by atoms with Crippen LogP contribution in [-0.2, 0) is 6.54 Å². The standard InChI is InChI=1S/C15H21N7OS/c1-21(2)14-18-11(19-15(20-14)22(3)4)9-17-12(23)10-7-6-8-16-13(10)24-5/h6-8H,9H2,1-5H3,(H,17,23). The van der Waals surface area contributed by atoms with Gasteiger partial charge in [0.2, 0.25) is 11.9 Å². The molecule has 2 rings (SSSR count). The van der Waals surface area contributed by atoms with Crippen molar-refractivity contribution in [2.45, 2.75) is 11.6 Å². The fraction of sp³-hybridized carbons (Fsp3) is 0.400. The summed E-state index contributed by atoms with van der Waals surface area (Å²) in [6.07, 6.45) is 3.55. The van der Waals surface area contributed by atoms with Crippen molar-refractivity contribution >= 4 is 29.6 Å². The number of aromatic nitrogens is 4. The van der Waals surface area contributed by atoms with E-state index in [0.717, 1.165) is 0 Å². The molecular weight excluding hydrogens is 326 g/mol. The average Bonchev–Trinajstić information content (AvgIpc) is 2.59. The van der Waals surface area contributed by atoms with Crippen LogP contribution in [0.1, 0.15) is 16.2 Å². The van der Waals surface area contributed by atoms with E-state index < -0.39 is 0 Å². The van der Waals surface area contributed by atoms with E-state index in [-0.39, 0.29) is 12.5 Å². The maximum absolute atomic E-state index is 12.4. The number of nitrogens with zero attached hydrogens (tertiary/aromatic N) is 6. The van der Waals surface area contributed by atoms with Gasteiger partial charge in [-0.1, -0.05) is 0 Å². The second kappa shape index (κ2) is 7.91. The number of amides is 1. The highest BCUT2D eigenvalue weighted by Crippen LogP contribution is 2.16. The second-order valence-electron chi connectivity index (χ2n) is 5.38. The van der Waals surface area contributed by atoms with Crippen molar-refractivity contribution in [1.82, 2.24) is 25.3 Å². The summed E-state index contributed by atoms with van der Waals surface area (Å²) in [6, 6.07) is 3.49. The molecule has 0 aromatic carbocycles. The summed E-state index contributed by atoms with van der Waals surface area (Å²) in [7, 11) is 7.43. The Hall–Kier alpha value is -2.42. The van der Waals surface area contributed by atoms with Crippen LogP contribution in [0, 0.1) is 0 Å². The fourth-order valence-electron chi connectivity index (χ4n) is 1.86. The summed E-state index contributed by atoms with van der Waals surface area (Å²) < 4.78 is 0. The lowest BCUT2D eigenvalue weighted by atomic mass is 10.2. The minimum atomic E-state index is -0.203. The maximum atomic E-state index is 12.4. The Kier molecular flexibility index (Phi) is 5.91. The van der Waals surface area contributed by atoms with Crippen LogP contribution >= 0.6 is 11.8 Å². The van der Waals surface area contributed by atoms with Crippen molar-refractivity contribution in [3.8, 4) is 0 Å². The highest BCUT2D eigenvalue weighted by atomic mass is 32.2. The van der Waals surface area contributed by atoms with Gasteiger partial charge in [0.15, 0.2) is 5.82 Å². The van der Waals surface area contributed by atoms with Crippen molar-refractivity contribution < 1.29 is 4.79 Å². The molecule has 2 aromatic heterocycles. The monoisotopic (exact) mass is 347 g/mol. The summed E-state index contributed by atoms with van der Waals surface area (Å²) in [6.45, 7) is 0.214. The van der Waals surface area contributed by atoms with Crippen molar-refractivity contribution in [1.29, 1.82) is 0 Å². The third kappa shape index (κ3) is 4.31. The van der Waals surface area contributed by atoms with Gasteiger partial charge in [-0.2, -0.15) is 15.0 Å². The maximum Gasteiger partial charge on any atom is 0.254 e. The lowest BCUT2D eigenvalue weighted by Gasteiger charge is -2.16. The van der Waals surface area contributed by atoms with Crippen LogP contribution in [0.15, 0.2) is 23.4 Å². The number of pyridine rings is 1. The van der Waals surface area contributed by atoms with Gasteiger partial charge in [0.05, 0.1) is 12.1 Å². The number of rotatable bonds is 6.